The molecular formula is C14H17BFO2P. The maximum atomic E-state index is 14.0. The lowest BCUT2D eigenvalue weighted by molar-refractivity contribution is -0.119. The Bertz CT molecular complexity index is 479. The molecule has 0 N–H and O–H groups in total. The van der Waals surface area contributed by atoms with Gasteiger partial charge in [-0.2, -0.15) is 0 Å². The van der Waals surface area contributed by atoms with Crippen molar-refractivity contribution in [3.05, 3.63) is 29.1 Å². The molecule has 0 aromatic heterocycles. The highest BCUT2D eigenvalue weighted by atomic mass is 31.0. The number of hydrogen-bond acceptors (Lipinski definition) is 2. The quantitative estimate of drug-likeness (QED) is 0.590. The van der Waals surface area contributed by atoms with Gasteiger partial charge in [-0.25, -0.2) is 4.39 Å². The van der Waals surface area contributed by atoms with Crippen LogP contribution >= 0.6 is 9.24 Å². The Morgan fingerprint density at radius 2 is 2.05 bits per heavy atom. The summed E-state index contributed by atoms with van der Waals surface area (Å²) in [6.07, 6.45) is 0.903. The molecule has 0 spiro atoms. The van der Waals surface area contributed by atoms with Gasteiger partial charge in [-0.05, 0) is 30.3 Å². The maximum absolute atomic E-state index is 14.0. The molecule has 0 aliphatic rings. The topological polar surface area (TPSA) is 34.1 Å². The highest BCUT2D eigenvalue weighted by Gasteiger charge is 2.22. The first-order valence-corrected chi connectivity index (χ1v) is 6.81. The van der Waals surface area contributed by atoms with Crippen LogP contribution < -0.4 is 5.30 Å². The first kappa shape index (κ1) is 16.0. The van der Waals surface area contributed by atoms with E-state index in [1.807, 2.05) is 0 Å². The Hall–Kier alpha value is -1.02. The van der Waals surface area contributed by atoms with Gasteiger partial charge in [0, 0.05) is 24.3 Å². The number of ketones is 1. The number of rotatable bonds is 6. The van der Waals surface area contributed by atoms with Crippen molar-refractivity contribution in [2.75, 3.05) is 0 Å². The van der Waals surface area contributed by atoms with Gasteiger partial charge in [0.05, 0.1) is 5.68 Å². The SMILES string of the molecule is [B]C(=O)C(CCC(=O)CC)c1c(F)cc(C)cc1P. The van der Waals surface area contributed by atoms with Crippen molar-refractivity contribution in [3.63, 3.8) is 0 Å². The van der Waals surface area contributed by atoms with E-state index < -0.39 is 17.4 Å². The number of aryl methyl sites for hydroxylation is 1. The molecule has 0 heterocycles. The van der Waals surface area contributed by atoms with E-state index in [1.54, 1.807) is 19.9 Å². The summed E-state index contributed by atoms with van der Waals surface area (Å²) in [6.45, 7) is 3.54. The first-order valence-electron chi connectivity index (χ1n) is 6.23. The largest absolute Gasteiger partial charge is 0.312 e. The molecule has 0 bridgehead atoms. The number of hydrogen-bond donors (Lipinski definition) is 0. The fourth-order valence-corrected chi connectivity index (χ4v) is 2.66. The minimum Gasteiger partial charge on any atom is -0.312 e. The van der Waals surface area contributed by atoms with Crippen molar-refractivity contribution in [1.29, 1.82) is 0 Å². The van der Waals surface area contributed by atoms with Crippen LogP contribution in [0.2, 0.25) is 0 Å². The number of halogens is 1. The molecule has 1 aromatic carbocycles. The molecule has 2 nitrogen and oxygen atoms in total. The molecule has 0 aliphatic heterocycles. The van der Waals surface area contributed by atoms with Gasteiger partial charge >= 0.3 is 0 Å². The van der Waals surface area contributed by atoms with Crippen molar-refractivity contribution in [1.82, 2.24) is 0 Å². The third-order valence-electron chi connectivity index (χ3n) is 3.10. The third kappa shape index (κ3) is 4.24. The van der Waals surface area contributed by atoms with Gasteiger partial charge in [0.1, 0.15) is 11.6 Å². The maximum Gasteiger partial charge on any atom is 0.168 e. The average molecular weight is 278 g/mol. The molecule has 19 heavy (non-hydrogen) atoms. The lowest BCUT2D eigenvalue weighted by Gasteiger charge is -2.18. The third-order valence-corrected chi connectivity index (χ3v) is 3.58. The molecule has 2 unspecified atom stereocenters. The summed E-state index contributed by atoms with van der Waals surface area (Å²) in [5.74, 6) is -1.16. The minimum atomic E-state index is -0.761. The molecule has 0 aliphatic carbocycles. The Balaban J connectivity index is 3.06. The van der Waals surface area contributed by atoms with E-state index in [4.69, 9.17) is 7.85 Å². The predicted molar refractivity (Wildman–Crippen MR) is 78.5 cm³/mol. The molecule has 2 atom stereocenters. The Morgan fingerprint density at radius 1 is 1.42 bits per heavy atom. The van der Waals surface area contributed by atoms with Gasteiger partial charge in [-0.15, -0.1) is 9.24 Å². The molecule has 0 amide bonds. The standard InChI is InChI=1S/C14H17BFO2P/c1-3-9(17)4-5-10(14(15)18)13-11(16)6-8(2)7-12(13)19/h6-7,10H,3-5,19H2,1-2H3. The molecule has 0 fully saturated rings. The van der Waals surface area contributed by atoms with Gasteiger partial charge in [0.15, 0.2) is 7.85 Å². The summed E-state index contributed by atoms with van der Waals surface area (Å²) in [4.78, 5) is 22.9. The summed E-state index contributed by atoms with van der Waals surface area (Å²) >= 11 is 0. The molecule has 0 saturated carbocycles. The molecule has 2 radical (unpaired) electrons. The first-order chi connectivity index (χ1) is 8.86. The lowest BCUT2D eigenvalue weighted by Crippen LogP contribution is -2.21. The second-order valence-electron chi connectivity index (χ2n) is 4.64. The molecule has 1 rings (SSSR count). The predicted octanol–water partition coefficient (Wildman–Crippen LogP) is 2.17. The number of carbonyl (C=O) groups is 2. The molecule has 0 saturated heterocycles. The molecular weight excluding hydrogens is 261 g/mol. The Labute approximate surface area is 116 Å². The second kappa shape index (κ2) is 6.95. The average Bonchev–Trinajstić information content (AvgIpc) is 2.31. The summed E-state index contributed by atoms with van der Waals surface area (Å²) in [5.41, 5.74) is 0.460. The van der Waals surface area contributed by atoms with Crippen LogP contribution in [0, 0.1) is 12.7 Å². The number of benzene rings is 1. The zero-order valence-corrected chi connectivity index (χ0v) is 12.4. The smallest absolute Gasteiger partial charge is 0.168 e. The van der Waals surface area contributed by atoms with Gasteiger partial charge in [-0.3, -0.25) is 4.79 Å². The summed E-state index contributed by atoms with van der Waals surface area (Å²) < 4.78 is 14.0. The van der Waals surface area contributed by atoms with Crippen molar-refractivity contribution in [2.45, 2.75) is 39.0 Å². The highest BCUT2D eigenvalue weighted by molar-refractivity contribution is 7.27. The summed E-state index contributed by atoms with van der Waals surface area (Å²) in [6, 6.07) is 3.15. The minimum absolute atomic E-state index is 0.0454. The second-order valence-corrected chi connectivity index (χ2v) is 5.26. The van der Waals surface area contributed by atoms with Crippen LogP contribution in [0.1, 0.15) is 43.2 Å². The van der Waals surface area contributed by atoms with Crippen LogP contribution in [-0.4, -0.2) is 19.3 Å². The van der Waals surface area contributed by atoms with Crippen molar-refractivity contribution < 1.29 is 14.0 Å². The highest BCUT2D eigenvalue weighted by Crippen LogP contribution is 2.25. The summed E-state index contributed by atoms with van der Waals surface area (Å²) in [5, 5.41) is 0.616. The van der Waals surface area contributed by atoms with Crippen LogP contribution in [0.25, 0.3) is 0 Å². The number of carbonyl (C=O) groups excluding carboxylic acids is 2. The van der Waals surface area contributed by atoms with Gasteiger partial charge in [0.2, 0.25) is 0 Å². The van der Waals surface area contributed by atoms with Gasteiger partial charge < -0.3 is 4.79 Å². The van der Waals surface area contributed by atoms with Crippen LogP contribution in [0.4, 0.5) is 4.39 Å². The Kier molecular flexibility index (Phi) is 5.87. The van der Waals surface area contributed by atoms with E-state index in [0.29, 0.717) is 11.7 Å². The fourth-order valence-electron chi connectivity index (χ4n) is 2.06. The van der Waals surface area contributed by atoms with E-state index in [0.717, 1.165) is 5.56 Å². The zero-order chi connectivity index (χ0) is 14.6. The van der Waals surface area contributed by atoms with E-state index >= 15 is 0 Å². The van der Waals surface area contributed by atoms with Gasteiger partial charge in [0.25, 0.3) is 0 Å². The van der Waals surface area contributed by atoms with Crippen molar-refractivity contribution in [2.24, 2.45) is 0 Å². The van der Waals surface area contributed by atoms with Gasteiger partial charge in [-0.1, -0.05) is 13.0 Å². The normalized spacial score (nSPS) is 12.2. The van der Waals surface area contributed by atoms with Crippen LogP contribution in [0.15, 0.2) is 12.1 Å². The lowest BCUT2D eigenvalue weighted by atomic mass is 9.80. The monoisotopic (exact) mass is 278 g/mol. The summed E-state index contributed by atoms with van der Waals surface area (Å²) in [7, 11) is 7.77. The molecule has 100 valence electrons. The van der Waals surface area contributed by atoms with Crippen molar-refractivity contribution >= 4 is 33.9 Å². The van der Waals surface area contributed by atoms with E-state index in [-0.39, 0.29) is 24.2 Å². The number of Topliss-reactive ketones (excluding diaryl/α,β-unsaturated/α-hetero) is 1. The van der Waals surface area contributed by atoms with Crippen LogP contribution in [0.3, 0.4) is 0 Å². The Morgan fingerprint density at radius 3 is 2.53 bits per heavy atom. The molecule has 5 heteroatoms. The van der Waals surface area contributed by atoms with Crippen molar-refractivity contribution in [3.8, 4) is 0 Å². The fraction of sp³-hybridized carbons (Fsp3) is 0.429. The van der Waals surface area contributed by atoms with E-state index in [1.165, 1.54) is 6.07 Å². The van der Waals surface area contributed by atoms with E-state index in [9.17, 15) is 14.0 Å². The zero-order valence-electron chi connectivity index (χ0n) is 11.2. The van der Waals surface area contributed by atoms with E-state index in [2.05, 4.69) is 9.24 Å². The van der Waals surface area contributed by atoms with Crippen LogP contribution in [-0.2, 0) is 9.59 Å². The molecule has 1 aromatic rings. The van der Waals surface area contributed by atoms with Crippen LogP contribution in [0.5, 0.6) is 0 Å².